The van der Waals surface area contributed by atoms with Crippen molar-refractivity contribution < 1.29 is 34.1 Å². The number of ether oxygens (including phenoxy) is 1. The molecule has 0 heterocycles. The summed E-state index contributed by atoms with van der Waals surface area (Å²) in [5, 5.41) is 18.8. The van der Waals surface area contributed by atoms with Crippen LogP contribution in [-0.4, -0.2) is 57.7 Å². The molecule has 0 aromatic rings. The van der Waals surface area contributed by atoms with E-state index in [4.69, 9.17) is 14.9 Å². The van der Waals surface area contributed by atoms with Crippen molar-refractivity contribution in [2.75, 3.05) is 12.4 Å². The summed E-state index contributed by atoms with van der Waals surface area (Å²) in [6, 6.07) is -1.19. The van der Waals surface area contributed by atoms with E-state index < -0.39 is 41.5 Å². The molecule has 0 saturated carbocycles. The van der Waals surface area contributed by atoms with Gasteiger partial charge in [-0.1, -0.05) is 0 Å². The zero-order chi connectivity index (χ0) is 15.7. The van der Waals surface area contributed by atoms with Crippen molar-refractivity contribution in [3.63, 3.8) is 0 Å². The molecule has 0 aromatic heterocycles. The monoisotopic (exact) mass is 307 g/mol. The first kappa shape index (κ1) is 18.2. The van der Waals surface area contributed by atoms with E-state index in [9.17, 15) is 19.2 Å². The predicted octanol–water partition coefficient (Wildman–Crippen LogP) is -0.285. The third-order valence-corrected chi connectivity index (χ3v) is 3.34. The molecule has 9 heteroatoms. The van der Waals surface area contributed by atoms with Gasteiger partial charge >= 0.3 is 17.9 Å². The predicted molar refractivity (Wildman–Crippen MR) is 70.4 cm³/mol. The Balaban J connectivity index is 4.62. The molecule has 20 heavy (non-hydrogen) atoms. The number of thioether (sulfide) groups is 1. The lowest BCUT2D eigenvalue weighted by atomic mass is 10.3. The molecule has 3 N–H and O–H groups in total. The maximum atomic E-state index is 11.5. The topological polar surface area (TPSA) is 130 Å². The summed E-state index contributed by atoms with van der Waals surface area (Å²) in [6.45, 7) is 2.85. The summed E-state index contributed by atoms with van der Waals surface area (Å²) in [5.74, 6) is -3.82. The number of carbonyl (C=O) groups excluding carboxylic acids is 2. The van der Waals surface area contributed by atoms with Crippen molar-refractivity contribution >= 4 is 35.6 Å². The number of rotatable bonds is 9. The van der Waals surface area contributed by atoms with Gasteiger partial charge in [0.1, 0.15) is 11.3 Å². The van der Waals surface area contributed by atoms with Gasteiger partial charge in [-0.25, -0.2) is 4.79 Å². The number of esters is 1. The Morgan fingerprint density at radius 2 is 1.85 bits per heavy atom. The van der Waals surface area contributed by atoms with E-state index in [0.717, 1.165) is 11.8 Å². The van der Waals surface area contributed by atoms with Gasteiger partial charge in [-0.05, 0) is 6.92 Å². The molecule has 1 amide bonds. The molecule has 1 unspecified atom stereocenters. The Labute approximate surface area is 119 Å². The van der Waals surface area contributed by atoms with Gasteiger partial charge in [0.15, 0.2) is 0 Å². The van der Waals surface area contributed by atoms with Gasteiger partial charge in [0, 0.05) is 12.7 Å². The van der Waals surface area contributed by atoms with E-state index >= 15 is 0 Å². The van der Waals surface area contributed by atoms with Crippen LogP contribution in [0.3, 0.4) is 0 Å². The second kappa shape index (κ2) is 9.18. The van der Waals surface area contributed by atoms with Crippen LogP contribution in [0.25, 0.3) is 0 Å². The highest BCUT2D eigenvalue weighted by Crippen LogP contribution is 2.18. The van der Waals surface area contributed by atoms with Crippen molar-refractivity contribution in [2.24, 2.45) is 0 Å². The molecule has 0 saturated heterocycles. The van der Waals surface area contributed by atoms with Crippen molar-refractivity contribution in [3.8, 4) is 0 Å². The largest absolute Gasteiger partial charge is 0.481 e. The minimum atomic E-state index is -1.26. The second-order valence-electron chi connectivity index (χ2n) is 3.76. The summed E-state index contributed by atoms with van der Waals surface area (Å²) < 4.78 is 4.72. The number of carbonyl (C=O) groups is 4. The number of amides is 1. The van der Waals surface area contributed by atoms with Gasteiger partial charge in [-0.15, -0.1) is 11.8 Å². The lowest BCUT2D eigenvalue weighted by molar-refractivity contribution is -0.146. The van der Waals surface area contributed by atoms with E-state index in [1.165, 1.54) is 6.92 Å². The van der Waals surface area contributed by atoms with Crippen LogP contribution in [0.1, 0.15) is 20.3 Å². The Hall–Kier alpha value is -1.77. The summed E-state index contributed by atoms with van der Waals surface area (Å²) in [6.07, 6.45) is -0.476. The van der Waals surface area contributed by atoms with Crippen LogP contribution < -0.4 is 5.32 Å². The standard InChI is InChI=1S/C11H17NO7S/c1-3-19-11(18)8(4-9(14)15)20-5-7(10(16)17)12-6(2)13/h7-8H,3-5H2,1-2H3,(H,12,13)(H,14,15)(H,16,17)/t7-,8?/m0/s1. The summed E-state index contributed by atoms with van der Waals surface area (Å²) in [4.78, 5) is 44.0. The average Bonchev–Trinajstić information content (AvgIpc) is 2.31. The third-order valence-electron chi connectivity index (χ3n) is 2.05. The van der Waals surface area contributed by atoms with Crippen molar-refractivity contribution in [3.05, 3.63) is 0 Å². The number of aliphatic carboxylic acids is 2. The minimum absolute atomic E-state index is 0.101. The molecule has 0 aliphatic heterocycles. The van der Waals surface area contributed by atoms with Gasteiger partial charge in [0.2, 0.25) is 5.91 Å². The second-order valence-corrected chi connectivity index (χ2v) is 5.00. The van der Waals surface area contributed by atoms with Gasteiger partial charge < -0.3 is 20.3 Å². The lowest BCUT2D eigenvalue weighted by Crippen LogP contribution is -2.42. The van der Waals surface area contributed by atoms with Crippen LogP contribution in [0, 0.1) is 0 Å². The smallest absolute Gasteiger partial charge is 0.327 e. The summed E-state index contributed by atoms with van der Waals surface area (Å²) >= 11 is 0.825. The lowest BCUT2D eigenvalue weighted by Gasteiger charge is -2.17. The van der Waals surface area contributed by atoms with Crippen LogP contribution in [0.4, 0.5) is 0 Å². The van der Waals surface area contributed by atoms with E-state index in [1.807, 2.05) is 0 Å². The highest BCUT2D eigenvalue weighted by atomic mass is 32.2. The van der Waals surface area contributed by atoms with Crippen LogP contribution in [0.5, 0.6) is 0 Å². The number of carboxylic acid groups (broad SMARTS) is 2. The van der Waals surface area contributed by atoms with Crippen molar-refractivity contribution in [1.82, 2.24) is 5.32 Å². The number of hydrogen-bond donors (Lipinski definition) is 3. The quantitative estimate of drug-likeness (QED) is 0.496. The molecule has 114 valence electrons. The average molecular weight is 307 g/mol. The van der Waals surface area contributed by atoms with E-state index in [1.54, 1.807) is 6.92 Å². The maximum Gasteiger partial charge on any atom is 0.327 e. The molecule has 0 spiro atoms. The van der Waals surface area contributed by atoms with E-state index in [2.05, 4.69) is 5.32 Å². The molecular formula is C11H17NO7S. The number of hydrogen-bond acceptors (Lipinski definition) is 6. The zero-order valence-corrected chi connectivity index (χ0v) is 11.9. The highest BCUT2D eigenvalue weighted by molar-refractivity contribution is 8.00. The first-order chi connectivity index (χ1) is 9.27. The van der Waals surface area contributed by atoms with E-state index in [0.29, 0.717) is 0 Å². The van der Waals surface area contributed by atoms with Crippen molar-refractivity contribution in [1.29, 1.82) is 0 Å². The molecule has 0 aliphatic rings. The van der Waals surface area contributed by atoms with Crippen LogP contribution in [0.15, 0.2) is 0 Å². The van der Waals surface area contributed by atoms with Gasteiger partial charge in [-0.2, -0.15) is 0 Å². The zero-order valence-electron chi connectivity index (χ0n) is 11.1. The molecule has 0 aliphatic carbocycles. The normalized spacial score (nSPS) is 13.1. The SMILES string of the molecule is CCOC(=O)C(CC(=O)O)SC[C@H](NC(C)=O)C(=O)O. The maximum absolute atomic E-state index is 11.5. The Bertz CT molecular complexity index is 385. The van der Waals surface area contributed by atoms with Crippen LogP contribution in [-0.2, 0) is 23.9 Å². The Morgan fingerprint density at radius 3 is 2.25 bits per heavy atom. The fourth-order valence-corrected chi connectivity index (χ4v) is 2.35. The Morgan fingerprint density at radius 1 is 1.25 bits per heavy atom. The first-order valence-electron chi connectivity index (χ1n) is 5.77. The van der Waals surface area contributed by atoms with Gasteiger partial charge in [-0.3, -0.25) is 14.4 Å². The van der Waals surface area contributed by atoms with Gasteiger partial charge in [0.25, 0.3) is 0 Å². The molecular weight excluding hydrogens is 290 g/mol. The fourth-order valence-electron chi connectivity index (χ4n) is 1.24. The molecule has 8 nitrogen and oxygen atoms in total. The number of carboxylic acids is 2. The fraction of sp³-hybridized carbons (Fsp3) is 0.636. The summed E-state index contributed by atoms with van der Waals surface area (Å²) in [7, 11) is 0. The van der Waals surface area contributed by atoms with Crippen molar-refractivity contribution in [2.45, 2.75) is 31.6 Å². The molecule has 2 atom stereocenters. The third kappa shape index (κ3) is 7.62. The first-order valence-corrected chi connectivity index (χ1v) is 6.82. The molecule has 0 bridgehead atoms. The van der Waals surface area contributed by atoms with Crippen LogP contribution in [0.2, 0.25) is 0 Å². The number of nitrogens with one attached hydrogen (secondary N) is 1. The van der Waals surface area contributed by atoms with E-state index in [-0.39, 0.29) is 12.4 Å². The molecule has 0 radical (unpaired) electrons. The minimum Gasteiger partial charge on any atom is -0.481 e. The highest BCUT2D eigenvalue weighted by Gasteiger charge is 2.27. The van der Waals surface area contributed by atoms with Gasteiger partial charge in [0.05, 0.1) is 13.0 Å². The molecule has 0 fully saturated rings. The molecule has 0 aromatic carbocycles. The Kier molecular flexibility index (Phi) is 8.37. The molecule has 0 rings (SSSR count). The summed E-state index contributed by atoms with van der Waals surface area (Å²) in [5.41, 5.74) is 0. The van der Waals surface area contributed by atoms with Crippen LogP contribution >= 0.6 is 11.8 Å².